The van der Waals surface area contributed by atoms with E-state index >= 15 is 0 Å². The topological polar surface area (TPSA) is 78.0 Å². The molecule has 1 aliphatic carbocycles. The van der Waals surface area contributed by atoms with Crippen LogP contribution in [0.15, 0.2) is 23.1 Å². The number of nitrogens with zero attached hydrogens (tertiary/aromatic N) is 2. The van der Waals surface area contributed by atoms with Crippen LogP contribution in [0.1, 0.15) is 24.7 Å². The molecule has 6 heteroatoms. The number of aromatic nitrogens is 2. The molecular formula is C13H17N3O2S. The maximum Gasteiger partial charge on any atom is 0.175 e. The third-order valence-corrected chi connectivity index (χ3v) is 4.85. The van der Waals surface area contributed by atoms with E-state index in [1.54, 1.807) is 18.2 Å². The van der Waals surface area contributed by atoms with Gasteiger partial charge in [0.15, 0.2) is 9.84 Å². The first kappa shape index (κ1) is 12.6. The van der Waals surface area contributed by atoms with E-state index in [-0.39, 0.29) is 6.04 Å². The highest BCUT2D eigenvalue weighted by Gasteiger charge is 2.32. The molecule has 5 nitrogen and oxygen atoms in total. The Labute approximate surface area is 112 Å². The van der Waals surface area contributed by atoms with Crippen LogP contribution < -0.4 is 5.73 Å². The van der Waals surface area contributed by atoms with Gasteiger partial charge < -0.3 is 10.3 Å². The molecule has 19 heavy (non-hydrogen) atoms. The SMILES string of the molecule is Cn1c(C(N)C2CC2)nc2cc(S(C)(=O)=O)ccc21. The van der Waals surface area contributed by atoms with Gasteiger partial charge >= 0.3 is 0 Å². The lowest BCUT2D eigenvalue weighted by atomic mass is 10.2. The van der Waals surface area contributed by atoms with Crippen molar-refractivity contribution in [3.63, 3.8) is 0 Å². The molecule has 1 aromatic heterocycles. The summed E-state index contributed by atoms with van der Waals surface area (Å²) >= 11 is 0. The number of fused-ring (bicyclic) bond motifs is 1. The van der Waals surface area contributed by atoms with Crippen molar-refractivity contribution in [3.05, 3.63) is 24.0 Å². The Bertz CT molecular complexity index is 745. The van der Waals surface area contributed by atoms with Crippen molar-refractivity contribution in [3.8, 4) is 0 Å². The van der Waals surface area contributed by atoms with Gasteiger partial charge in [0, 0.05) is 13.3 Å². The maximum absolute atomic E-state index is 11.6. The van der Waals surface area contributed by atoms with Crippen LogP contribution in [0.2, 0.25) is 0 Å². The van der Waals surface area contributed by atoms with Gasteiger partial charge in [0.05, 0.1) is 22.0 Å². The van der Waals surface area contributed by atoms with E-state index in [0.717, 1.165) is 24.2 Å². The minimum atomic E-state index is -3.20. The molecule has 2 aromatic rings. The van der Waals surface area contributed by atoms with Crippen LogP contribution in [0, 0.1) is 5.92 Å². The minimum absolute atomic E-state index is 0.0564. The molecule has 0 amide bonds. The Balaban J connectivity index is 2.14. The molecule has 1 fully saturated rings. The molecule has 1 atom stereocenters. The number of aryl methyl sites for hydroxylation is 1. The summed E-state index contributed by atoms with van der Waals surface area (Å²) in [5.41, 5.74) is 7.79. The third kappa shape index (κ3) is 2.15. The van der Waals surface area contributed by atoms with Crippen LogP contribution in [0.3, 0.4) is 0 Å². The number of nitrogens with two attached hydrogens (primary N) is 1. The van der Waals surface area contributed by atoms with E-state index < -0.39 is 9.84 Å². The van der Waals surface area contributed by atoms with Crippen molar-refractivity contribution in [2.45, 2.75) is 23.8 Å². The molecule has 1 saturated carbocycles. The van der Waals surface area contributed by atoms with Gasteiger partial charge in [-0.2, -0.15) is 0 Å². The van der Waals surface area contributed by atoms with Crippen LogP contribution >= 0.6 is 0 Å². The van der Waals surface area contributed by atoms with Crippen LogP contribution in [0.25, 0.3) is 11.0 Å². The zero-order valence-electron chi connectivity index (χ0n) is 11.0. The number of rotatable bonds is 3. The average Bonchev–Trinajstić information content (AvgIpc) is 3.13. The summed E-state index contributed by atoms with van der Waals surface area (Å²) in [6.45, 7) is 0. The lowest BCUT2D eigenvalue weighted by Gasteiger charge is -2.09. The van der Waals surface area contributed by atoms with Gasteiger partial charge in [0.1, 0.15) is 5.82 Å². The largest absolute Gasteiger partial charge is 0.330 e. The van der Waals surface area contributed by atoms with E-state index in [1.165, 1.54) is 6.26 Å². The van der Waals surface area contributed by atoms with Crippen molar-refractivity contribution >= 4 is 20.9 Å². The second-order valence-corrected chi connectivity index (χ2v) is 7.33. The fraction of sp³-hybridized carbons (Fsp3) is 0.462. The fourth-order valence-electron chi connectivity index (χ4n) is 2.39. The van der Waals surface area contributed by atoms with E-state index in [2.05, 4.69) is 4.98 Å². The van der Waals surface area contributed by atoms with Gasteiger partial charge in [-0.3, -0.25) is 0 Å². The normalized spacial score (nSPS) is 17.8. The second kappa shape index (κ2) is 4.05. The molecular weight excluding hydrogens is 262 g/mol. The fourth-order valence-corrected chi connectivity index (χ4v) is 3.03. The van der Waals surface area contributed by atoms with Crippen molar-refractivity contribution in [2.75, 3.05) is 6.26 Å². The lowest BCUT2D eigenvalue weighted by molar-refractivity contribution is 0.574. The Morgan fingerprint density at radius 1 is 1.42 bits per heavy atom. The lowest BCUT2D eigenvalue weighted by Crippen LogP contribution is -2.17. The average molecular weight is 279 g/mol. The standard InChI is InChI=1S/C13H17N3O2S/c1-16-11-6-5-9(19(2,17)18)7-10(11)15-13(16)12(14)8-3-4-8/h5-8,12H,3-4,14H2,1-2H3. The Hall–Kier alpha value is -1.40. The molecule has 0 radical (unpaired) electrons. The van der Waals surface area contributed by atoms with Gasteiger partial charge in [-0.1, -0.05) is 0 Å². The van der Waals surface area contributed by atoms with E-state index in [0.29, 0.717) is 16.3 Å². The van der Waals surface area contributed by atoms with Gasteiger partial charge in [-0.25, -0.2) is 13.4 Å². The predicted octanol–water partition coefficient (Wildman–Crippen LogP) is 1.39. The monoisotopic (exact) mass is 279 g/mol. The minimum Gasteiger partial charge on any atom is -0.330 e. The van der Waals surface area contributed by atoms with Gasteiger partial charge in [-0.05, 0) is 37.0 Å². The predicted molar refractivity (Wildman–Crippen MR) is 73.5 cm³/mol. The molecule has 0 bridgehead atoms. The van der Waals surface area contributed by atoms with E-state index in [1.807, 2.05) is 11.6 Å². The molecule has 0 aliphatic heterocycles. The maximum atomic E-state index is 11.6. The summed E-state index contributed by atoms with van der Waals surface area (Å²) in [5, 5.41) is 0. The van der Waals surface area contributed by atoms with Gasteiger partial charge in [0.25, 0.3) is 0 Å². The van der Waals surface area contributed by atoms with Crippen molar-refractivity contribution in [2.24, 2.45) is 18.7 Å². The molecule has 1 aliphatic rings. The summed E-state index contributed by atoms with van der Waals surface area (Å²) in [6.07, 6.45) is 3.51. The van der Waals surface area contributed by atoms with Crippen LogP contribution in [0.4, 0.5) is 0 Å². The summed E-state index contributed by atoms with van der Waals surface area (Å²) in [5.74, 6) is 1.35. The van der Waals surface area contributed by atoms with E-state index in [4.69, 9.17) is 5.73 Å². The summed E-state index contributed by atoms with van der Waals surface area (Å²) in [6, 6.07) is 4.97. The van der Waals surface area contributed by atoms with Crippen molar-refractivity contribution < 1.29 is 8.42 Å². The molecule has 0 saturated heterocycles. The molecule has 2 N–H and O–H groups in total. The summed E-state index contributed by atoms with van der Waals surface area (Å²) in [4.78, 5) is 4.82. The number of imidazole rings is 1. The third-order valence-electron chi connectivity index (χ3n) is 3.74. The van der Waals surface area contributed by atoms with Crippen molar-refractivity contribution in [1.82, 2.24) is 9.55 Å². The molecule has 1 heterocycles. The number of hydrogen-bond acceptors (Lipinski definition) is 4. The Morgan fingerprint density at radius 3 is 2.68 bits per heavy atom. The zero-order valence-corrected chi connectivity index (χ0v) is 11.8. The van der Waals surface area contributed by atoms with Crippen molar-refractivity contribution in [1.29, 1.82) is 0 Å². The Kier molecular flexibility index (Phi) is 2.69. The van der Waals surface area contributed by atoms with Crippen LogP contribution in [0.5, 0.6) is 0 Å². The highest BCUT2D eigenvalue weighted by molar-refractivity contribution is 7.90. The summed E-state index contributed by atoms with van der Waals surface area (Å²) < 4.78 is 25.1. The molecule has 1 aromatic carbocycles. The summed E-state index contributed by atoms with van der Waals surface area (Å²) in [7, 11) is -1.28. The van der Waals surface area contributed by atoms with Crippen LogP contribution in [-0.2, 0) is 16.9 Å². The Morgan fingerprint density at radius 2 is 2.11 bits per heavy atom. The molecule has 0 spiro atoms. The first-order valence-corrected chi connectivity index (χ1v) is 8.19. The van der Waals surface area contributed by atoms with Gasteiger partial charge in [0.2, 0.25) is 0 Å². The first-order chi connectivity index (χ1) is 8.88. The van der Waals surface area contributed by atoms with Crippen LogP contribution in [-0.4, -0.2) is 24.2 Å². The van der Waals surface area contributed by atoms with E-state index in [9.17, 15) is 8.42 Å². The smallest absolute Gasteiger partial charge is 0.175 e. The second-order valence-electron chi connectivity index (χ2n) is 5.31. The first-order valence-electron chi connectivity index (χ1n) is 6.30. The number of hydrogen-bond donors (Lipinski definition) is 1. The highest BCUT2D eigenvalue weighted by atomic mass is 32.2. The van der Waals surface area contributed by atoms with Gasteiger partial charge in [-0.15, -0.1) is 0 Å². The number of sulfone groups is 1. The zero-order chi connectivity index (χ0) is 13.8. The highest BCUT2D eigenvalue weighted by Crippen LogP contribution is 2.39. The number of benzene rings is 1. The quantitative estimate of drug-likeness (QED) is 0.921. The molecule has 1 unspecified atom stereocenters. The molecule has 3 rings (SSSR count). The molecule has 102 valence electrons.